The average Bonchev–Trinajstić information content (AvgIpc) is 2.57. The predicted octanol–water partition coefficient (Wildman–Crippen LogP) is 0.721. The zero-order valence-electron chi connectivity index (χ0n) is 15.7. The molecule has 0 bridgehead atoms. The summed E-state index contributed by atoms with van der Waals surface area (Å²) in [6.07, 6.45) is 1.06. The summed E-state index contributed by atoms with van der Waals surface area (Å²) >= 11 is 0. The fourth-order valence-electron chi connectivity index (χ4n) is 2.31. The van der Waals surface area contributed by atoms with Gasteiger partial charge in [0, 0.05) is 36.7 Å². The van der Waals surface area contributed by atoms with E-state index in [4.69, 9.17) is 31.2 Å². The molecule has 1 aromatic carbocycles. The molecule has 1 aromatic heterocycles. The first kappa shape index (κ1) is 22.6. The summed E-state index contributed by atoms with van der Waals surface area (Å²) in [5.41, 5.74) is 12.3. The number of nitrogens with one attached hydrogen (secondary N) is 3. The van der Waals surface area contributed by atoms with Gasteiger partial charge in [-0.15, -0.1) is 0 Å². The lowest BCUT2D eigenvalue weighted by atomic mass is 10.1. The molecule has 28 heavy (non-hydrogen) atoms. The van der Waals surface area contributed by atoms with Crippen LogP contribution in [-0.4, -0.2) is 35.5 Å². The maximum absolute atomic E-state index is 12.1. The number of nitrogens with two attached hydrogens (primary N) is 2. The van der Waals surface area contributed by atoms with Crippen molar-refractivity contribution in [1.29, 1.82) is 5.41 Å². The summed E-state index contributed by atoms with van der Waals surface area (Å²) in [6, 6.07) is 5.86. The highest BCUT2D eigenvalue weighted by Crippen LogP contribution is 2.20. The quantitative estimate of drug-likeness (QED) is 0.180. The van der Waals surface area contributed by atoms with E-state index in [-0.39, 0.29) is 11.9 Å². The Morgan fingerprint density at radius 3 is 2.57 bits per heavy atom. The van der Waals surface area contributed by atoms with Crippen molar-refractivity contribution in [2.75, 3.05) is 11.9 Å². The number of carbonyl (C=O) groups excluding carboxylic acids is 1. The minimum absolute atomic E-state index is 0.110. The zero-order chi connectivity index (χ0) is 21.3. The zero-order valence-corrected chi connectivity index (χ0v) is 15.7. The van der Waals surface area contributed by atoms with Crippen LogP contribution in [0.5, 0.6) is 0 Å². The van der Waals surface area contributed by atoms with Crippen LogP contribution in [0.15, 0.2) is 33.5 Å². The molecule has 0 saturated heterocycles. The van der Waals surface area contributed by atoms with Crippen molar-refractivity contribution in [1.82, 2.24) is 5.32 Å². The van der Waals surface area contributed by atoms with E-state index in [1.54, 1.807) is 18.2 Å². The number of carboxylic acid groups (broad SMARTS) is 1. The first-order valence-electron chi connectivity index (χ1n) is 8.48. The molecule has 1 heterocycles. The SMILES string of the molecule is CC(=O)O.Cc1cc(=O)oc2cc(NC(=O)[C@@H](N)CCCNC(=N)N)ccc12. The molecule has 2 aromatic rings. The molecule has 1 amide bonds. The Balaban J connectivity index is 0.000000892. The molecule has 0 unspecified atom stereocenters. The molecule has 10 nitrogen and oxygen atoms in total. The van der Waals surface area contributed by atoms with Gasteiger partial charge in [-0.2, -0.15) is 0 Å². The Morgan fingerprint density at radius 1 is 1.32 bits per heavy atom. The monoisotopic (exact) mass is 391 g/mol. The smallest absolute Gasteiger partial charge is 0.336 e. The van der Waals surface area contributed by atoms with Crippen LogP contribution >= 0.6 is 0 Å². The standard InChI is InChI=1S/C16H21N5O3.C2H4O2/c1-9-7-14(22)24-13-8-10(4-5-11(9)13)21-15(23)12(17)3-2-6-20-16(18)19;1-2(3)4/h4-5,7-8,12H,2-3,6,17H2,1H3,(H,21,23)(H4,18,19,20);1H3,(H,3,4)/t12-;/m0./s1. The van der Waals surface area contributed by atoms with Gasteiger partial charge in [0.25, 0.3) is 5.97 Å². The molecule has 0 saturated carbocycles. The summed E-state index contributed by atoms with van der Waals surface area (Å²) in [5, 5.41) is 20.6. The van der Waals surface area contributed by atoms with E-state index >= 15 is 0 Å². The number of benzene rings is 1. The number of aryl methyl sites for hydroxylation is 1. The van der Waals surface area contributed by atoms with Gasteiger partial charge in [-0.05, 0) is 37.5 Å². The summed E-state index contributed by atoms with van der Waals surface area (Å²) in [6.45, 7) is 3.39. The van der Waals surface area contributed by atoms with Crippen molar-refractivity contribution in [2.24, 2.45) is 11.5 Å². The van der Waals surface area contributed by atoms with Crippen molar-refractivity contribution in [2.45, 2.75) is 32.7 Å². The molecule has 10 heteroatoms. The van der Waals surface area contributed by atoms with E-state index in [1.807, 2.05) is 6.92 Å². The number of amides is 1. The number of anilines is 1. The fraction of sp³-hybridized carbons (Fsp3) is 0.333. The molecule has 2 rings (SSSR count). The normalized spacial score (nSPS) is 11.1. The average molecular weight is 391 g/mol. The predicted molar refractivity (Wildman–Crippen MR) is 106 cm³/mol. The van der Waals surface area contributed by atoms with Gasteiger partial charge in [0.2, 0.25) is 5.91 Å². The second-order valence-electron chi connectivity index (χ2n) is 6.06. The van der Waals surface area contributed by atoms with Crippen molar-refractivity contribution in [3.8, 4) is 0 Å². The van der Waals surface area contributed by atoms with Crippen LogP contribution < -0.4 is 27.7 Å². The van der Waals surface area contributed by atoms with Gasteiger partial charge in [0.05, 0.1) is 6.04 Å². The van der Waals surface area contributed by atoms with Gasteiger partial charge in [-0.3, -0.25) is 15.0 Å². The van der Waals surface area contributed by atoms with Gasteiger partial charge < -0.3 is 31.6 Å². The Bertz CT molecular complexity index is 905. The lowest BCUT2D eigenvalue weighted by Gasteiger charge is -2.13. The molecule has 0 radical (unpaired) electrons. The third kappa shape index (κ3) is 7.87. The van der Waals surface area contributed by atoms with Gasteiger partial charge >= 0.3 is 5.63 Å². The van der Waals surface area contributed by atoms with Crippen LogP contribution in [0.4, 0.5) is 5.69 Å². The number of guanidine groups is 1. The summed E-state index contributed by atoms with van der Waals surface area (Å²) in [5.74, 6) is -1.27. The van der Waals surface area contributed by atoms with Crippen molar-refractivity contribution in [3.05, 3.63) is 40.2 Å². The Morgan fingerprint density at radius 2 is 1.96 bits per heavy atom. The number of hydrogen-bond donors (Lipinski definition) is 6. The molecule has 0 spiro atoms. The third-order valence-corrected chi connectivity index (χ3v) is 3.56. The first-order valence-corrected chi connectivity index (χ1v) is 8.48. The minimum atomic E-state index is -0.833. The van der Waals surface area contributed by atoms with E-state index in [0.29, 0.717) is 30.7 Å². The van der Waals surface area contributed by atoms with E-state index < -0.39 is 17.6 Å². The fourth-order valence-corrected chi connectivity index (χ4v) is 2.31. The van der Waals surface area contributed by atoms with Crippen LogP contribution in [0.2, 0.25) is 0 Å². The maximum Gasteiger partial charge on any atom is 0.336 e. The lowest BCUT2D eigenvalue weighted by Crippen LogP contribution is -2.37. The van der Waals surface area contributed by atoms with Crippen molar-refractivity contribution >= 4 is 34.5 Å². The highest BCUT2D eigenvalue weighted by Gasteiger charge is 2.14. The highest BCUT2D eigenvalue weighted by molar-refractivity contribution is 5.96. The van der Waals surface area contributed by atoms with E-state index in [2.05, 4.69) is 10.6 Å². The largest absolute Gasteiger partial charge is 0.481 e. The molecule has 0 aliphatic carbocycles. The molecule has 0 aliphatic heterocycles. The Kier molecular flexibility index (Phi) is 8.63. The Labute approximate surface area is 161 Å². The first-order chi connectivity index (χ1) is 13.1. The lowest BCUT2D eigenvalue weighted by molar-refractivity contribution is -0.134. The van der Waals surface area contributed by atoms with Crippen LogP contribution in [0.3, 0.4) is 0 Å². The number of rotatable bonds is 6. The molecule has 0 aliphatic rings. The van der Waals surface area contributed by atoms with Crippen molar-refractivity contribution in [3.63, 3.8) is 0 Å². The summed E-state index contributed by atoms with van der Waals surface area (Å²) in [4.78, 5) is 32.5. The second-order valence-corrected chi connectivity index (χ2v) is 6.06. The van der Waals surface area contributed by atoms with E-state index in [1.165, 1.54) is 6.07 Å². The van der Waals surface area contributed by atoms with Gasteiger partial charge in [0.1, 0.15) is 5.58 Å². The molecular weight excluding hydrogens is 366 g/mol. The second kappa shape index (κ2) is 10.7. The molecule has 8 N–H and O–H groups in total. The van der Waals surface area contributed by atoms with Crippen LogP contribution in [0.1, 0.15) is 25.3 Å². The maximum atomic E-state index is 12.1. The summed E-state index contributed by atoms with van der Waals surface area (Å²) in [7, 11) is 0. The molecule has 0 fully saturated rings. The van der Waals surface area contributed by atoms with E-state index in [9.17, 15) is 9.59 Å². The van der Waals surface area contributed by atoms with Crippen molar-refractivity contribution < 1.29 is 19.1 Å². The van der Waals surface area contributed by atoms with Crippen LogP contribution in [0, 0.1) is 12.3 Å². The van der Waals surface area contributed by atoms with Gasteiger partial charge in [-0.25, -0.2) is 4.79 Å². The molecular formula is C18H25N5O5. The number of fused-ring (bicyclic) bond motifs is 1. The van der Waals surface area contributed by atoms with Gasteiger partial charge in [-0.1, -0.05) is 0 Å². The number of carbonyl (C=O) groups is 2. The summed E-state index contributed by atoms with van der Waals surface area (Å²) < 4.78 is 5.15. The molecule has 1 atom stereocenters. The number of aliphatic carboxylic acids is 1. The van der Waals surface area contributed by atoms with E-state index in [0.717, 1.165) is 17.9 Å². The third-order valence-electron chi connectivity index (χ3n) is 3.56. The van der Waals surface area contributed by atoms with Crippen LogP contribution in [-0.2, 0) is 9.59 Å². The van der Waals surface area contributed by atoms with Crippen LogP contribution in [0.25, 0.3) is 11.0 Å². The molecule has 152 valence electrons. The number of hydrogen-bond acceptors (Lipinski definition) is 6. The highest BCUT2D eigenvalue weighted by atomic mass is 16.4. The topological polar surface area (TPSA) is 185 Å². The minimum Gasteiger partial charge on any atom is -0.481 e. The van der Waals surface area contributed by atoms with Gasteiger partial charge in [0.15, 0.2) is 5.96 Å². The number of carboxylic acids is 1. The Hall–Kier alpha value is -3.40.